The number of aromatic nitrogens is 2. The first kappa shape index (κ1) is 12.8. The maximum atomic E-state index is 5.38. The molecular formula is C14H19N3OS. The van der Waals surface area contributed by atoms with Gasteiger partial charge in [0.2, 0.25) is 0 Å². The van der Waals surface area contributed by atoms with Crippen LogP contribution < -0.4 is 0 Å². The summed E-state index contributed by atoms with van der Waals surface area (Å²) in [6, 6.07) is 2.20. The van der Waals surface area contributed by atoms with E-state index in [9.17, 15) is 0 Å². The van der Waals surface area contributed by atoms with Crippen molar-refractivity contribution in [2.24, 2.45) is 7.05 Å². The summed E-state index contributed by atoms with van der Waals surface area (Å²) in [4.78, 5) is 7.00. The maximum absolute atomic E-state index is 5.38. The molecule has 0 radical (unpaired) electrons. The van der Waals surface area contributed by atoms with Crippen molar-refractivity contribution in [3.8, 4) is 0 Å². The van der Waals surface area contributed by atoms with Crippen molar-refractivity contribution in [1.29, 1.82) is 0 Å². The van der Waals surface area contributed by atoms with Gasteiger partial charge >= 0.3 is 0 Å². The standard InChI is InChI=1S/C14H19N3OS/c1-16-10-15-13-7-17(5-11-3-4-19-9-11)6-12(8-18-2)14(13)16/h3-4,9-10,12H,5-8H2,1-2H3/t12-/m0/s1. The van der Waals surface area contributed by atoms with E-state index in [1.807, 2.05) is 6.33 Å². The molecule has 19 heavy (non-hydrogen) atoms. The summed E-state index contributed by atoms with van der Waals surface area (Å²) in [5.41, 5.74) is 3.93. The number of thiophene rings is 1. The molecule has 2 aromatic rings. The molecule has 102 valence electrons. The zero-order valence-electron chi connectivity index (χ0n) is 11.4. The first-order valence-corrected chi connectivity index (χ1v) is 7.44. The highest BCUT2D eigenvalue weighted by atomic mass is 32.1. The highest BCUT2D eigenvalue weighted by Crippen LogP contribution is 2.28. The third kappa shape index (κ3) is 2.59. The summed E-state index contributed by atoms with van der Waals surface area (Å²) in [6.45, 7) is 3.73. The molecule has 0 amide bonds. The second kappa shape index (κ2) is 5.45. The Bertz CT molecular complexity index is 535. The van der Waals surface area contributed by atoms with Crippen LogP contribution >= 0.6 is 11.3 Å². The number of ether oxygens (including phenoxy) is 1. The SMILES string of the molecule is COC[C@@H]1CN(Cc2ccsc2)Cc2ncn(C)c21. The molecule has 3 heterocycles. The van der Waals surface area contributed by atoms with Gasteiger partial charge in [0.05, 0.1) is 18.6 Å². The fraction of sp³-hybridized carbons (Fsp3) is 0.500. The van der Waals surface area contributed by atoms with Gasteiger partial charge in [-0.25, -0.2) is 4.98 Å². The Morgan fingerprint density at radius 3 is 3.16 bits per heavy atom. The lowest BCUT2D eigenvalue weighted by atomic mass is 9.98. The van der Waals surface area contributed by atoms with Gasteiger partial charge < -0.3 is 9.30 Å². The Labute approximate surface area is 117 Å². The van der Waals surface area contributed by atoms with Gasteiger partial charge in [-0.2, -0.15) is 11.3 Å². The minimum Gasteiger partial charge on any atom is -0.384 e. The number of hydrogen-bond donors (Lipinski definition) is 0. The molecule has 3 rings (SSSR count). The molecule has 2 aromatic heterocycles. The summed E-state index contributed by atoms with van der Waals surface area (Å²) in [6.07, 6.45) is 1.92. The van der Waals surface area contributed by atoms with Crippen LogP contribution in [0.3, 0.4) is 0 Å². The van der Waals surface area contributed by atoms with E-state index in [-0.39, 0.29) is 0 Å². The Balaban J connectivity index is 1.80. The van der Waals surface area contributed by atoms with E-state index in [4.69, 9.17) is 4.74 Å². The molecule has 1 aliphatic heterocycles. The predicted octanol–water partition coefficient (Wildman–Crippen LogP) is 2.23. The highest BCUT2D eigenvalue weighted by molar-refractivity contribution is 7.07. The first-order valence-electron chi connectivity index (χ1n) is 6.50. The van der Waals surface area contributed by atoms with Gasteiger partial charge in [0.1, 0.15) is 0 Å². The van der Waals surface area contributed by atoms with E-state index in [1.54, 1.807) is 18.4 Å². The summed E-state index contributed by atoms with van der Waals surface area (Å²) in [7, 11) is 3.84. The van der Waals surface area contributed by atoms with E-state index in [2.05, 4.69) is 38.3 Å². The van der Waals surface area contributed by atoms with E-state index < -0.39 is 0 Å². The second-order valence-corrected chi connectivity index (χ2v) is 5.92. The van der Waals surface area contributed by atoms with E-state index in [1.165, 1.54) is 17.0 Å². The van der Waals surface area contributed by atoms with Crippen LogP contribution in [0.15, 0.2) is 23.2 Å². The number of hydrogen-bond acceptors (Lipinski definition) is 4. The van der Waals surface area contributed by atoms with Gasteiger partial charge in [-0.3, -0.25) is 4.90 Å². The van der Waals surface area contributed by atoms with Crippen molar-refractivity contribution < 1.29 is 4.74 Å². The van der Waals surface area contributed by atoms with Crippen LogP contribution in [0.25, 0.3) is 0 Å². The molecule has 5 heteroatoms. The van der Waals surface area contributed by atoms with E-state index in [0.717, 1.165) is 26.2 Å². The van der Waals surface area contributed by atoms with Crippen LogP contribution in [0.1, 0.15) is 22.9 Å². The average molecular weight is 277 g/mol. The largest absolute Gasteiger partial charge is 0.384 e. The molecular weight excluding hydrogens is 258 g/mol. The maximum Gasteiger partial charge on any atom is 0.0949 e. The van der Waals surface area contributed by atoms with Gasteiger partial charge in [-0.05, 0) is 22.4 Å². The number of imidazole rings is 1. The number of fused-ring (bicyclic) bond motifs is 1. The lowest BCUT2D eigenvalue weighted by molar-refractivity contribution is 0.132. The summed E-state index contributed by atoms with van der Waals surface area (Å²) >= 11 is 1.76. The van der Waals surface area contributed by atoms with Crippen LogP contribution in [-0.2, 0) is 24.9 Å². The molecule has 0 spiro atoms. The average Bonchev–Trinajstić information content (AvgIpc) is 3.00. The van der Waals surface area contributed by atoms with Crippen molar-refractivity contribution in [2.45, 2.75) is 19.0 Å². The Hall–Kier alpha value is -1.17. The Morgan fingerprint density at radius 1 is 1.53 bits per heavy atom. The molecule has 1 atom stereocenters. The molecule has 0 N–H and O–H groups in total. The van der Waals surface area contributed by atoms with Crippen LogP contribution in [-0.4, -0.2) is 34.7 Å². The Morgan fingerprint density at radius 2 is 2.42 bits per heavy atom. The zero-order valence-corrected chi connectivity index (χ0v) is 12.2. The van der Waals surface area contributed by atoms with Gasteiger partial charge in [0, 0.05) is 45.4 Å². The summed E-state index contributed by atoms with van der Waals surface area (Å²) in [5.74, 6) is 0.417. The van der Waals surface area contributed by atoms with Crippen LogP contribution in [0.5, 0.6) is 0 Å². The zero-order chi connectivity index (χ0) is 13.2. The van der Waals surface area contributed by atoms with Gasteiger partial charge in [0.25, 0.3) is 0 Å². The van der Waals surface area contributed by atoms with Crippen molar-refractivity contribution >= 4 is 11.3 Å². The molecule has 0 saturated heterocycles. The van der Waals surface area contributed by atoms with Crippen molar-refractivity contribution in [2.75, 3.05) is 20.3 Å². The van der Waals surface area contributed by atoms with Gasteiger partial charge in [0.15, 0.2) is 0 Å². The van der Waals surface area contributed by atoms with Gasteiger partial charge in [-0.1, -0.05) is 0 Å². The predicted molar refractivity (Wildman–Crippen MR) is 76.3 cm³/mol. The molecule has 0 aromatic carbocycles. The summed E-state index contributed by atoms with van der Waals surface area (Å²) < 4.78 is 7.52. The third-order valence-electron chi connectivity index (χ3n) is 3.66. The molecule has 1 aliphatic rings. The second-order valence-electron chi connectivity index (χ2n) is 5.14. The quantitative estimate of drug-likeness (QED) is 0.858. The van der Waals surface area contributed by atoms with Gasteiger partial charge in [-0.15, -0.1) is 0 Å². The lowest BCUT2D eigenvalue weighted by Gasteiger charge is -2.32. The monoisotopic (exact) mass is 277 g/mol. The third-order valence-corrected chi connectivity index (χ3v) is 4.39. The molecule has 0 bridgehead atoms. The minimum absolute atomic E-state index is 0.417. The topological polar surface area (TPSA) is 30.3 Å². The Kier molecular flexibility index (Phi) is 3.68. The highest BCUT2D eigenvalue weighted by Gasteiger charge is 2.28. The number of aryl methyl sites for hydroxylation is 1. The number of nitrogens with zero attached hydrogens (tertiary/aromatic N) is 3. The molecule has 0 unspecified atom stereocenters. The molecule has 0 saturated carbocycles. The van der Waals surface area contributed by atoms with Crippen molar-refractivity contribution in [3.05, 3.63) is 40.1 Å². The van der Waals surface area contributed by atoms with Crippen LogP contribution in [0, 0.1) is 0 Å². The molecule has 0 aliphatic carbocycles. The van der Waals surface area contributed by atoms with Crippen molar-refractivity contribution in [1.82, 2.24) is 14.5 Å². The number of rotatable bonds is 4. The fourth-order valence-electron chi connectivity index (χ4n) is 2.90. The van der Waals surface area contributed by atoms with Crippen LogP contribution in [0.2, 0.25) is 0 Å². The molecule has 4 nitrogen and oxygen atoms in total. The lowest BCUT2D eigenvalue weighted by Crippen LogP contribution is -2.35. The fourth-order valence-corrected chi connectivity index (χ4v) is 3.56. The minimum atomic E-state index is 0.417. The molecule has 0 fully saturated rings. The first-order chi connectivity index (χ1) is 9.28. The van der Waals surface area contributed by atoms with Crippen LogP contribution in [0.4, 0.5) is 0 Å². The van der Waals surface area contributed by atoms with E-state index in [0.29, 0.717) is 5.92 Å². The van der Waals surface area contributed by atoms with E-state index >= 15 is 0 Å². The normalized spacial score (nSPS) is 19.6. The smallest absolute Gasteiger partial charge is 0.0949 e. The summed E-state index contributed by atoms with van der Waals surface area (Å²) in [5, 5.41) is 4.36. The van der Waals surface area contributed by atoms with Crippen molar-refractivity contribution in [3.63, 3.8) is 0 Å². The number of methoxy groups -OCH3 is 1.